The summed E-state index contributed by atoms with van der Waals surface area (Å²) in [5.41, 5.74) is 1.04. The van der Waals surface area contributed by atoms with E-state index in [2.05, 4.69) is 16.9 Å². The first kappa shape index (κ1) is 13.1. The molecule has 1 atom stereocenters. The largest absolute Gasteiger partial charge is 0.352 e. The summed E-state index contributed by atoms with van der Waals surface area (Å²) < 4.78 is 0. The summed E-state index contributed by atoms with van der Waals surface area (Å²) in [7, 11) is 1.94. The zero-order valence-corrected chi connectivity index (χ0v) is 11.7. The molecule has 0 saturated heterocycles. The standard InChI is InChI=1S/C13H13Cl2N3/c1-9(10-5-3-4-6-11(10)14)18(2)13-8-16-7-12(15)17-13/h3-9H,1-2H3. The number of rotatable bonds is 3. The van der Waals surface area contributed by atoms with Crippen molar-refractivity contribution in [2.75, 3.05) is 11.9 Å². The van der Waals surface area contributed by atoms with E-state index in [0.29, 0.717) is 5.15 Å². The lowest BCUT2D eigenvalue weighted by molar-refractivity contribution is 0.726. The minimum atomic E-state index is 0.0893. The Hall–Kier alpha value is -1.32. The minimum absolute atomic E-state index is 0.0893. The first-order chi connectivity index (χ1) is 8.59. The Morgan fingerprint density at radius 1 is 1.17 bits per heavy atom. The molecule has 0 N–H and O–H groups in total. The number of halogens is 2. The normalized spacial score (nSPS) is 12.2. The van der Waals surface area contributed by atoms with Crippen LogP contribution < -0.4 is 4.90 Å². The van der Waals surface area contributed by atoms with Crippen molar-refractivity contribution in [2.24, 2.45) is 0 Å². The van der Waals surface area contributed by atoms with Gasteiger partial charge in [0.15, 0.2) is 0 Å². The Kier molecular flexibility index (Phi) is 4.04. The van der Waals surface area contributed by atoms with E-state index in [1.165, 1.54) is 6.20 Å². The number of anilines is 1. The fourth-order valence-corrected chi connectivity index (χ4v) is 2.16. The van der Waals surface area contributed by atoms with Crippen LogP contribution in [0, 0.1) is 0 Å². The molecule has 0 aliphatic rings. The maximum Gasteiger partial charge on any atom is 0.149 e. The van der Waals surface area contributed by atoms with Crippen molar-refractivity contribution in [1.29, 1.82) is 0 Å². The second kappa shape index (κ2) is 5.55. The SMILES string of the molecule is CC(c1ccccc1Cl)N(C)c1cncc(Cl)n1. The Labute approximate surface area is 116 Å². The minimum Gasteiger partial charge on any atom is -0.352 e. The van der Waals surface area contributed by atoms with Gasteiger partial charge in [-0.2, -0.15) is 0 Å². The average Bonchev–Trinajstić information content (AvgIpc) is 2.37. The monoisotopic (exact) mass is 281 g/mol. The van der Waals surface area contributed by atoms with E-state index in [1.807, 2.05) is 36.2 Å². The summed E-state index contributed by atoms with van der Waals surface area (Å²) in [5, 5.41) is 1.12. The van der Waals surface area contributed by atoms with Crippen molar-refractivity contribution in [3.05, 3.63) is 52.4 Å². The Morgan fingerprint density at radius 2 is 1.89 bits per heavy atom. The molecule has 0 saturated carbocycles. The van der Waals surface area contributed by atoms with Crippen molar-refractivity contribution in [3.8, 4) is 0 Å². The summed E-state index contributed by atoms with van der Waals surface area (Å²) >= 11 is 12.0. The molecule has 0 aliphatic heterocycles. The molecule has 0 bridgehead atoms. The van der Waals surface area contributed by atoms with Crippen LogP contribution in [0.1, 0.15) is 18.5 Å². The number of nitrogens with zero attached hydrogens (tertiary/aromatic N) is 3. The lowest BCUT2D eigenvalue weighted by Gasteiger charge is -2.26. The predicted octanol–water partition coefficient (Wildman–Crippen LogP) is 3.98. The quantitative estimate of drug-likeness (QED) is 0.852. The fraction of sp³-hybridized carbons (Fsp3) is 0.231. The molecule has 94 valence electrons. The van der Waals surface area contributed by atoms with Gasteiger partial charge in [0.2, 0.25) is 0 Å². The highest BCUT2D eigenvalue weighted by Crippen LogP contribution is 2.28. The van der Waals surface area contributed by atoms with Crippen LogP contribution in [0.5, 0.6) is 0 Å². The van der Waals surface area contributed by atoms with Gasteiger partial charge in [0.05, 0.1) is 18.4 Å². The van der Waals surface area contributed by atoms with Crippen molar-refractivity contribution in [2.45, 2.75) is 13.0 Å². The molecule has 1 aromatic heterocycles. The second-order valence-electron chi connectivity index (χ2n) is 4.01. The van der Waals surface area contributed by atoms with E-state index < -0.39 is 0 Å². The van der Waals surface area contributed by atoms with E-state index in [1.54, 1.807) is 6.20 Å². The van der Waals surface area contributed by atoms with Gasteiger partial charge in [0.25, 0.3) is 0 Å². The van der Waals surface area contributed by atoms with Crippen molar-refractivity contribution < 1.29 is 0 Å². The van der Waals surface area contributed by atoms with Crippen molar-refractivity contribution >= 4 is 29.0 Å². The van der Waals surface area contributed by atoms with Gasteiger partial charge in [0, 0.05) is 12.1 Å². The van der Waals surface area contributed by atoms with Gasteiger partial charge in [-0.3, -0.25) is 4.98 Å². The van der Waals surface area contributed by atoms with Gasteiger partial charge >= 0.3 is 0 Å². The van der Waals surface area contributed by atoms with Crippen LogP contribution in [-0.2, 0) is 0 Å². The molecule has 1 unspecified atom stereocenters. The van der Waals surface area contributed by atoms with Gasteiger partial charge in [-0.05, 0) is 18.6 Å². The van der Waals surface area contributed by atoms with Crippen LogP contribution >= 0.6 is 23.2 Å². The van der Waals surface area contributed by atoms with Gasteiger partial charge in [-0.15, -0.1) is 0 Å². The van der Waals surface area contributed by atoms with E-state index >= 15 is 0 Å². The molecule has 2 rings (SSSR count). The van der Waals surface area contributed by atoms with Crippen LogP contribution in [0.2, 0.25) is 10.2 Å². The number of hydrogen-bond acceptors (Lipinski definition) is 3. The molecule has 0 spiro atoms. The fourth-order valence-electron chi connectivity index (χ4n) is 1.72. The van der Waals surface area contributed by atoms with Gasteiger partial charge in [-0.25, -0.2) is 4.98 Å². The van der Waals surface area contributed by atoms with E-state index in [9.17, 15) is 0 Å². The van der Waals surface area contributed by atoms with Crippen LogP contribution in [-0.4, -0.2) is 17.0 Å². The van der Waals surface area contributed by atoms with Gasteiger partial charge in [0.1, 0.15) is 11.0 Å². The summed E-state index contributed by atoms with van der Waals surface area (Å²) in [4.78, 5) is 10.3. The molecular formula is C13H13Cl2N3. The topological polar surface area (TPSA) is 29.0 Å². The molecule has 0 amide bonds. The average molecular weight is 282 g/mol. The smallest absolute Gasteiger partial charge is 0.149 e. The molecule has 2 aromatic rings. The Bertz CT molecular complexity index is 545. The first-order valence-electron chi connectivity index (χ1n) is 5.54. The third kappa shape index (κ3) is 2.74. The zero-order chi connectivity index (χ0) is 13.1. The molecule has 3 nitrogen and oxygen atoms in total. The highest BCUT2D eigenvalue weighted by molar-refractivity contribution is 6.31. The van der Waals surface area contributed by atoms with E-state index in [4.69, 9.17) is 23.2 Å². The van der Waals surface area contributed by atoms with E-state index in [-0.39, 0.29) is 6.04 Å². The molecule has 5 heteroatoms. The summed E-state index contributed by atoms with van der Waals surface area (Å²) in [6.07, 6.45) is 3.19. The Balaban J connectivity index is 2.29. The molecular weight excluding hydrogens is 269 g/mol. The summed E-state index contributed by atoms with van der Waals surface area (Å²) in [6, 6.07) is 7.85. The molecule has 1 heterocycles. The zero-order valence-electron chi connectivity index (χ0n) is 10.1. The molecule has 0 aliphatic carbocycles. The van der Waals surface area contributed by atoms with Crippen LogP contribution in [0.3, 0.4) is 0 Å². The molecule has 1 aromatic carbocycles. The highest BCUT2D eigenvalue weighted by atomic mass is 35.5. The predicted molar refractivity (Wildman–Crippen MR) is 75.3 cm³/mol. The van der Waals surface area contributed by atoms with Crippen LogP contribution in [0.25, 0.3) is 0 Å². The molecule has 0 radical (unpaired) electrons. The molecule has 18 heavy (non-hydrogen) atoms. The highest BCUT2D eigenvalue weighted by Gasteiger charge is 2.16. The maximum absolute atomic E-state index is 6.19. The number of aromatic nitrogens is 2. The Morgan fingerprint density at radius 3 is 2.56 bits per heavy atom. The lowest BCUT2D eigenvalue weighted by Crippen LogP contribution is -2.23. The van der Waals surface area contributed by atoms with Crippen molar-refractivity contribution in [3.63, 3.8) is 0 Å². The first-order valence-corrected chi connectivity index (χ1v) is 6.30. The number of hydrogen-bond donors (Lipinski definition) is 0. The van der Waals surface area contributed by atoms with Crippen molar-refractivity contribution in [1.82, 2.24) is 9.97 Å². The second-order valence-corrected chi connectivity index (χ2v) is 4.80. The molecule has 0 fully saturated rings. The summed E-state index contributed by atoms with van der Waals surface area (Å²) in [6.45, 7) is 2.06. The summed E-state index contributed by atoms with van der Waals surface area (Å²) in [5.74, 6) is 0.718. The van der Waals surface area contributed by atoms with Crippen LogP contribution in [0.4, 0.5) is 5.82 Å². The van der Waals surface area contributed by atoms with E-state index in [0.717, 1.165) is 16.4 Å². The maximum atomic E-state index is 6.19. The third-order valence-corrected chi connectivity index (χ3v) is 3.42. The third-order valence-electron chi connectivity index (χ3n) is 2.89. The number of benzene rings is 1. The lowest BCUT2D eigenvalue weighted by atomic mass is 10.1. The van der Waals surface area contributed by atoms with Gasteiger partial charge < -0.3 is 4.90 Å². The van der Waals surface area contributed by atoms with Crippen LogP contribution in [0.15, 0.2) is 36.7 Å². The van der Waals surface area contributed by atoms with Gasteiger partial charge in [-0.1, -0.05) is 41.4 Å².